The second kappa shape index (κ2) is 9.63. The maximum absolute atomic E-state index is 12.5. The second-order valence-corrected chi connectivity index (χ2v) is 9.38. The molecule has 0 fully saturated rings. The number of nitrogens with one attached hydrogen (secondary N) is 3. The molecule has 0 aliphatic rings. The fraction of sp³-hybridized carbons (Fsp3) is 0.143. The highest BCUT2D eigenvalue weighted by Crippen LogP contribution is 2.20. The molecule has 0 saturated carbocycles. The van der Waals surface area contributed by atoms with Gasteiger partial charge in [0.2, 0.25) is 0 Å². The summed E-state index contributed by atoms with van der Waals surface area (Å²) in [7, 11) is -3.79. The molecule has 0 unspecified atom stereocenters. The SMILES string of the molecule is CCOc1ccc(S(=O)(=O)Nc2ccc(C(=O)NNC(=O)c3ccc(C)s3)cc2)cc1. The lowest BCUT2D eigenvalue weighted by Crippen LogP contribution is -2.41. The Hall–Kier alpha value is -3.37. The summed E-state index contributed by atoms with van der Waals surface area (Å²) in [6, 6.07) is 15.4. The van der Waals surface area contributed by atoms with Crippen LogP contribution in [0.3, 0.4) is 0 Å². The molecule has 8 nitrogen and oxygen atoms in total. The van der Waals surface area contributed by atoms with Gasteiger partial charge in [0.15, 0.2) is 0 Å². The van der Waals surface area contributed by atoms with Gasteiger partial charge in [-0.3, -0.25) is 25.2 Å². The first-order valence-electron chi connectivity index (χ1n) is 9.31. The van der Waals surface area contributed by atoms with E-state index in [-0.39, 0.29) is 10.5 Å². The maximum Gasteiger partial charge on any atom is 0.279 e. The molecular weight excluding hydrogens is 438 g/mol. The molecule has 0 aliphatic carbocycles. The summed E-state index contributed by atoms with van der Waals surface area (Å²) < 4.78 is 32.8. The molecule has 0 atom stereocenters. The summed E-state index contributed by atoms with van der Waals surface area (Å²) >= 11 is 1.32. The number of hydrogen-bond acceptors (Lipinski definition) is 6. The minimum absolute atomic E-state index is 0.0873. The number of carbonyl (C=O) groups excluding carboxylic acids is 2. The van der Waals surface area contributed by atoms with E-state index >= 15 is 0 Å². The van der Waals surface area contributed by atoms with Gasteiger partial charge < -0.3 is 4.74 Å². The molecule has 3 aromatic rings. The second-order valence-electron chi connectivity index (χ2n) is 6.41. The summed E-state index contributed by atoms with van der Waals surface area (Å²) in [6.45, 7) is 4.21. The van der Waals surface area contributed by atoms with Crippen LogP contribution in [-0.2, 0) is 10.0 Å². The molecule has 3 rings (SSSR count). The molecule has 0 radical (unpaired) electrons. The average molecular weight is 460 g/mol. The van der Waals surface area contributed by atoms with E-state index in [0.29, 0.717) is 22.9 Å². The Morgan fingerprint density at radius 1 is 0.903 bits per heavy atom. The first-order chi connectivity index (χ1) is 14.8. The van der Waals surface area contributed by atoms with Crippen LogP contribution < -0.4 is 20.3 Å². The topological polar surface area (TPSA) is 114 Å². The number of anilines is 1. The fourth-order valence-corrected chi connectivity index (χ4v) is 4.41. The lowest BCUT2D eigenvalue weighted by molar-refractivity contribution is 0.0849. The fourth-order valence-electron chi connectivity index (χ4n) is 2.59. The largest absolute Gasteiger partial charge is 0.494 e. The first kappa shape index (κ1) is 22.3. The summed E-state index contributed by atoms with van der Waals surface area (Å²) in [5.74, 6) is -0.355. The lowest BCUT2D eigenvalue weighted by Gasteiger charge is -2.10. The Bertz CT molecular complexity index is 1170. The van der Waals surface area contributed by atoms with Crippen molar-refractivity contribution in [2.24, 2.45) is 0 Å². The Kier molecular flexibility index (Phi) is 6.93. The average Bonchev–Trinajstić information content (AvgIpc) is 3.19. The summed E-state index contributed by atoms with van der Waals surface area (Å²) in [5, 5.41) is 0. The van der Waals surface area contributed by atoms with E-state index in [1.54, 1.807) is 18.2 Å². The van der Waals surface area contributed by atoms with E-state index in [9.17, 15) is 18.0 Å². The highest BCUT2D eigenvalue weighted by Gasteiger charge is 2.15. The van der Waals surface area contributed by atoms with E-state index < -0.39 is 21.8 Å². The van der Waals surface area contributed by atoms with Crippen molar-refractivity contribution >= 4 is 38.9 Å². The van der Waals surface area contributed by atoms with Gasteiger partial charge in [-0.05, 0) is 74.5 Å². The van der Waals surface area contributed by atoms with Crippen LogP contribution in [0.15, 0.2) is 65.6 Å². The molecule has 0 aliphatic heterocycles. The number of rotatable bonds is 7. The van der Waals surface area contributed by atoms with Gasteiger partial charge in [-0.15, -0.1) is 11.3 Å². The molecule has 31 heavy (non-hydrogen) atoms. The van der Waals surface area contributed by atoms with Gasteiger partial charge in [0, 0.05) is 16.1 Å². The highest BCUT2D eigenvalue weighted by molar-refractivity contribution is 7.92. The van der Waals surface area contributed by atoms with Gasteiger partial charge in [-0.25, -0.2) is 8.42 Å². The minimum atomic E-state index is -3.79. The predicted octanol–water partition coefficient (Wildman–Crippen LogP) is 3.33. The number of hydrazine groups is 1. The standard InChI is InChI=1S/C21H21N3O5S2/c1-3-29-17-9-11-18(12-10-17)31(27,28)24-16-7-5-15(6-8-16)20(25)22-23-21(26)19-13-4-14(2)30-19/h4-13,24H,3H2,1-2H3,(H,22,25)(H,23,26). The molecule has 2 amide bonds. The van der Waals surface area contributed by atoms with Gasteiger partial charge in [0.1, 0.15) is 5.75 Å². The quantitative estimate of drug-likeness (QED) is 0.469. The molecule has 0 bridgehead atoms. The van der Waals surface area contributed by atoms with Crippen LogP contribution in [0.4, 0.5) is 5.69 Å². The van der Waals surface area contributed by atoms with Gasteiger partial charge in [0.05, 0.1) is 16.4 Å². The third-order valence-corrected chi connectivity index (χ3v) is 6.49. The monoisotopic (exact) mass is 459 g/mol. The van der Waals surface area contributed by atoms with Gasteiger partial charge >= 0.3 is 0 Å². The van der Waals surface area contributed by atoms with Crippen LogP contribution in [0.5, 0.6) is 5.75 Å². The third-order valence-electron chi connectivity index (χ3n) is 4.10. The number of ether oxygens (including phenoxy) is 1. The first-order valence-corrected chi connectivity index (χ1v) is 11.6. The number of sulfonamides is 1. The number of carbonyl (C=O) groups is 2. The Morgan fingerprint density at radius 2 is 1.55 bits per heavy atom. The number of hydrogen-bond donors (Lipinski definition) is 3. The van der Waals surface area contributed by atoms with Crippen molar-refractivity contribution in [3.63, 3.8) is 0 Å². The number of thiophene rings is 1. The smallest absolute Gasteiger partial charge is 0.279 e. The Labute approximate surface area is 184 Å². The third kappa shape index (κ3) is 5.83. The van der Waals surface area contributed by atoms with Crippen molar-refractivity contribution in [2.45, 2.75) is 18.7 Å². The maximum atomic E-state index is 12.5. The predicted molar refractivity (Wildman–Crippen MR) is 119 cm³/mol. The normalized spacial score (nSPS) is 10.9. The van der Waals surface area contributed by atoms with Crippen molar-refractivity contribution in [3.05, 3.63) is 76.0 Å². The van der Waals surface area contributed by atoms with Gasteiger partial charge in [-0.1, -0.05) is 0 Å². The Balaban J connectivity index is 1.60. The number of amides is 2. The van der Waals surface area contributed by atoms with Crippen molar-refractivity contribution in [3.8, 4) is 5.75 Å². The van der Waals surface area contributed by atoms with Gasteiger partial charge in [-0.2, -0.15) is 0 Å². The lowest BCUT2D eigenvalue weighted by atomic mass is 10.2. The van der Waals surface area contributed by atoms with Crippen molar-refractivity contribution < 1.29 is 22.7 Å². The zero-order valence-corrected chi connectivity index (χ0v) is 18.5. The molecule has 2 aromatic carbocycles. The zero-order valence-electron chi connectivity index (χ0n) is 16.8. The summed E-state index contributed by atoms with van der Waals surface area (Å²) in [5.41, 5.74) is 5.23. The molecule has 10 heteroatoms. The van der Waals surface area contributed by atoms with Crippen LogP contribution in [0, 0.1) is 6.92 Å². The number of benzene rings is 2. The van der Waals surface area contributed by atoms with Gasteiger partial charge in [0.25, 0.3) is 21.8 Å². The Morgan fingerprint density at radius 3 is 2.13 bits per heavy atom. The van der Waals surface area contributed by atoms with Crippen LogP contribution in [-0.4, -0.2) is 26.8 Å². The van der Waals surface area contributed by atoms with Crippen molar-refractivity contribution in [1.82, 2.24) is 10.9 Å². The van der Waals surface area contributed by atoms with Crippen LogP contribution >= 0.6 is 11.3 Å². The minimum Gasteiger partial charge on any atom is -0.494 e. The molecule has 1 heterocycles. The van der Waals surface area contributed by atoms with Crippen molar-refractivity contribution in [2.75, 3.05) is 11.3 Å². The molecule has 0 saturated heterocycles. The summed E-state index contributed by atoms with van der Waals surface area (Å²) in [4.78, 5) is 25.8. The molecular formula is C21H21N3O5S2. The van der Waals surface area contributed by atoms with E-state index in [2.05, 4.69) is 15.6 Å². The van der Waals surface area contributed by atoms with Crippen LogP contribution in [0.1, 0.15) is 31.8 Å². The molecule has 1 aromatic heterocycles. The van der Waals surface area contributed by atoms with Crippen LogP contribution in [0.25, 0.3) is 0 Å². The zero-order chi connectivity index (χ0) is 22.4. The number of aryl methyl sites for hydroxylation is 1. The summed E-state index contributed by atoms with van der Waals surface area (Å²) in [6.07, 6.45) is 0. The van der Waals surface area contributed by atoms with Crippen LogP contribution in [0.2, 0.25) is 0 Å². The molecule has 3 N–H and O–H groups in total. The van der Waals surface area contributed by atoms with E-state index in [1.165, 1.54) is 47.7 Å². The van der Waals surface area contributed by atoms with Crippen molar-refractivity contribution in [1.29, 1.82) is 0 Å². The molecule has 162 valence electrons. The molecule has 0 spiro atoms. The highest BCUT2D eigenvalue weighted by atomic mass is 32.2. The van der Waals surface area contributed by atoms with E-state index in [0.717, 1.165) is 4.88 Å². The van der Waals surface area contributed by atoms with E-state index in [1.807, 2.05) is 19.9 Å². The van der Waals surface area contributed by atoms with E-state index in [4.69, 9.17) is 4.74 Å².